The molecule has 13 heavy (non-hydrogen) atoms. The topological polar surface area (TPSA) is 43.1 Å². The van der Waals surface area contributed by atoms with Crippen LogP contribution in [0.15, 0.2) is 30.3 Å². The van der Waals surface area contributed by atoms with Crippen molar-refractivity contribution < 1.29 is 4.79 Å². The number of hydrogen-bond donors (Lipinski definition) is 1. The van der Waals surface area contributed by atoms with Gasteiger partial charge in [-0.3, -0.25) is 4.79 Å². The van der Waals surface area contributed by atoms with E-state index >= 15 is 0 Å². The van der Waals surface area contributed by atoms with Crippen LogP contribution in [0.25, 0.3) is 0 Å². The second kappa shape index (κ2) is 4.19. The Bertz CT molecular complexity index is 279. The summed E-state index contributed by atoms with van der Waals surface area (Å²) in [6, 6.07) is 8.98. The van der Waals surface area contributed by atoms with E-state index in [1.165, 1.54) is 0 Å². The molecule has 2 N–H and O–H groups in total. The van der Waals surface area contributed by atoms with Crippen LogP contribution in [0, 0.1) is 5.92 Å². The highest BCUT2D eigenvalue weighted by Gasteiger charge is 2.17. The Kier molecular flexibility index (Phi) is 3.20. The number of hydrogen-bond acceptors (Lipinski definition) is 2. The highest BCUT2D eigenvalue weighted by atomic mass is 16.1. The number of nitrogens with two attached hydrogens (primary N) is 1. The number of rotatable bonds is 3. The lowest BCUT2D eigenvalue weighted by atomic mass is 9.96. The molecule has 0 aromatic heterocycles. The van der Waals surface area contributed by atoms with E-state index in [1.54, 1.807) is 0 Å². The lowest BCUT2D eigenvalue weighted by Crippen LogP contribution is -2.25. The summed E-state index contributed by atoms with van der Waals surface area (Å²) in [4.78, 5) is 11.5. The number of carbonyl (C=O) groups is 1. The zero-order valence-corrected chi connectivity index (χ0v) is 8.03. The van der Waals surface area contributed by atoms with Gasteiger partial charge in [-0.1, -0.05) is 44.2 Å². The molecule has 0 bridgehead atoms. The van der Waals surface area contributed by atoms with Crippen LogP contribution in [-0.2, 0) is 4.79 Å². The van der Waals surface area contributed by atoms with Crippen molar-refractivity contribution in [1.29, 1.82) is 0 Å². The summed E-state index contributed by atoms with van der Waals surface area (Å²) < 4.78 is 0. The predicted octanol–water partition coefficient (Wildman–Crippen LogP) is 1.91. The molecule has 1 atom stereocenters. The molecular weight excluding hydrogens is 162 g/mol. The average molecular weight is 177 g/mol. The molecule has 0 aliphatic heterocycles. The fourth-order valence-corrected chi connectivity index (χ4v) is 1.18. The van der Waals surface area contributed by atoms with Gasteiger partial charge in [-0.25, -0.2) is 0 Å². The van der Waals surface area contributed by atoms with Crippen LogP contribution in [0.3, 0.4) is 0 Å². The van der Waals surface area contributed by atoms with E-state index < -0.39 is 6.04 Å². The smallest absolute Gasteiger partial charge is 0.156 e. The fraction of sp³-hybridized carbons (Fsp3) is 0.364. The minimum atomic E-state index is -0.471. The Morgan fingerprint density at radius 1 is 1.23 bits per heavy atom. The maximum atomic E-state index is 11.5. The van der Waals surface area contributed by atoms with Crippen molar-refractivity contribution in [1.82, 2.24) is 0 Å². The van der Waals surface area contributed by atoms with E-state index in [0.717, 1.165) is 5.56 Å². The van der Waals surface area contributed by atoms with Gasteiger partial charge in [-0.2, -0.15) is 0 Å². The van der Waals surface area contributed by atoms with E-state index in [4.69, 9.17) is 5.73 Å². The van der Waals surface area contributed by atoms with Crippen molar-refractivity contribution in [3.8, 4) is 0 Å². The summed E-state index contributed by atoms with van der Waals surface area (Å²) in [6.07, 6.45) is 0. The van der Waals surface area contributed by atoms with Crippen LogP contribution in [0.4, 0.5) is 0 Å². The second-order valence-corrected chi connectivity index (χ2v) is 3.45. The van der Waals surface area contributed by atoms with Gasteiger partial charge in [0.15, 0.2) is 5.78 Å². The molecule has 0 heterocycles. The van der Waals surface area contributed by atoms with Gasteiger partial charge in [0.25, 0.3) is 0 Å². The summed E-state index contributed by atoms with van der Waals surface area (Å²) in [5.74, 6) is 0.0846. The van der Waals surface area contributed by atoms with E-state index in [9.17, 15) is 4.79 Å². The van der Waals surface area contributed by atoms with Gasteiger partial charge in [0.05, 0.1) is 6.04 Å². The largest absolute Gasteiger partial charge is 0.318 e. The summed E-state index contributed by atoms with van der Waals surface area (Å²) >= 11 is 0. The molecule has 70 valence electrons. The van der Waals surface area contributed by atoms with Crippen LogP contribution in [-0.4, -0.2) is 5.78 Å². The molecular formula is C11H15NO. The lowest BCUT2D eigenvalue weighted by molar-refractivity contribution is -0.123. The molecule has 0 unspecified atom stereocenters. The number of ketones is 1. The van der Waals surface area contributed by atoms with Crippen molar-refractivity contribution in [3.05, 3.63) is 35.9 Å². The number of benzene rings is 1. The molecule has 1 rings (SSSR count). The number of Topliss-reactive ketones (excluding diaryl/α,β-unsaturated/α-hetero) is 1. The van der Waals surface area contributed by atoms with Gasteiger partial charge in [-0.05, 0) is 5.56 Å². The molecule has 2 nitrogen and oxygen atoms in total. The van der Waals surface area contributed by atoms with Gasteiger partial charge in [-0.15, -0.1) is 0 Å². The van der Waals surface area contributed by atoms with Crippen LogP contribution in [0.2, 0.25) is 0 Å². The first kappa shape index (κ1) is 9.93. The average Bonchev–Trinajstić information content (AvgIpc) is 2.17. The Balaban J connectivity index is 2.80. The molecule has 0 amide bonds. The number of carbonyl (C=O) groups excluding carboxylic acids is 1. The van der Waals surface area contributed by atoms with Crippen LogP contribution in [0.1, 0.15) is 25.5 Å². The first-order chi connectivity index (χ1) is 6.13. The zero-order chi connectivity index (χ0) is 9.84. The second-order valence-electron chi connectivity index (χ2n) is 3.45. The first-order valence-electron chi connectivity index (χ1n) is 4.47. The highest BCUT2D eigenvalue weighted by molar-refractivity contribution is 5.86. The summed E-state index contributed by atoms with van der Waals surface area (Å²) in [5.41, 5.74) is 6.68. The van der Waals surface area contributed by atoms with Crippen molar-refractivity contribution >= 4 is 5.78 Å². The molecule has 0 spiro atoms. The van der Waals surface area contributed by atoms with Crippen molar-refractivity contribution in [2.24, 2.45) is 11.7 Å². The van der Waals surface area contributed by atoms with E-state index in [-0.39, 0.29) is 11.7 Å². The molecule has 2 heteroatoms. The normalized spacial score (nSPS) is 12.9. The highest BCUT2D eigenvalue weighted by Crippen LogP contribution is 2.14. The minimum absolute atomic E-state index is 0.00444. The fourth-order valence-electron chi connectivity index (χ4n) is 1.18. The minimum Gasteiger partial charge on any atom is -0.318 e. The lowest BCUT2D eigenvalue weighted by Gasteiger charge is -2.12. The Morgan fingerprint density at radius 3 is 2.23 bits per heavy atom. The van der Waals surface area contributed by atoms with Gasteiger partial charge in [0.2, 0.25) is 0 Å². The van der Waals surface area contributed by atoms with Crippen molar-refractivity contribution in [3.63, 3.8) is 0 Å². The third kappa shape index (κ3) is 2.39. The standard InChI is InChI=1S/C11H15NO/c1-8(2)11(13)10(12)9-6-4-3-5-7-9/h3-8,10H,12H2,1-2H3/t10-/m0/s1. The molecule has 1 aromatic carbocycles. The maximum absolute atomic E-state index is 11.5. The SMILES string of the molecule is CC(C)C(=O)[C@@H](N)c1ccccc1. The quantitative estimate of drug-likeness (QED) is 0.766. The Morgan fingerprint density at radius 2 is 1.77 bits per heavy atom. The van der Waals surface area contributed by atoms with Gasteiger partial charge in [0, 0.05) is 5.92 Å². The van der Waals surface area contributed by atoms with E-state index in [1.807, 2.05) is 44.2 Å². The van der Waals surface area contributed by atoms with Crippen molar-refractivity contribution in [2.45, 2.75) is 19.9 Å². The molecule has 1 aromatic rings. The molecule has 0 aliphatic rings. The van der Waals surface area contributed by atoms with Crippen LogP contribution >= 0.6 is 0 Å². The van der Waals surface area contributed by atoms with Crippen molar-refractivity contribution in [2.75, 3.05) is 0 Å². The molecule has 0 saturated heterocycles. The van der Waals surface area contributed by atoms with Gasteiger partial charge >= 0.3 is 0 Å². The summed E-state index contributed by atoms with van der Waals surface area (Å²) in [7, 11) is 0. The Labute approximate surface area is 78.8 Å². The van der Waals surface area contributed by atoms with Crippen LogP contribution in [0.5, 0.6) is 0 Å². The molecule has 0 radical (unpaired) electrons. The predicted molar refractivity (Wildman–Crippen MR) is 53.2 cm³/mol. The van der Waals surface area contributed by atoms with Gasteiger partial charge in [0.1, 0.15) is 0 Å². The maximum Gasteiger partial charge on any atom is 0.156 e. The zero-order valence-electron chi connectivity index (χ0n) is 8.03. The molecule has 0 aliphatic carbocycles. The monoisotopic (exact) mass is 177 g/mol. The molecule has 0 saturated carbocycles. The third-order valence-electron chi connectivity index (χ3n) is 2.03. The third-order valence-corrected chi connectivity index (χ3v) is 2.03. The van der Waals surface area contributed by atoms with E-state index in [2.05, 4.69) is 0 Å². The van der Waals surface area contributed by atoms with Crippen LogP contribution < -0.4 is 5.73 Å². The first-order valence-corrected chi connectivity index (χ1v) is 4.47. The van der Waals surface area contributed by atoms with E-state index in [0.29, 0.717) is 0 Å². The summed E-state index contributed by atoms with van der Waals surface area (Å²) in [5, 5.41) is 0. The summed E-state index contributed by atoms with van der Waals surface area (Å²) in [6.45, 7) is 3.73. The van der Waals surface area contributed by atoms with Gasteiger partial charge < -0.3 is 5.73 Å². The molecule has 0 fully saturated rings. The Hall–Kier alpha value is -1.15.